The number of benzene rings is 1. The monoisotopic (exact) mass is 333 g/mol. The van der Waals surface area contributed by atoms with E-state index in [0.29, 0.717) is 24.3 Å². The third-order valence-corrected chi connectivity index (χ3v) is 4.65. The predicted octanol–water partition coefficient (Wildman–Crippen LogP) is 2.24. The van der Waals surface area contributed by atoms with Crippen LogP contribution in [0, 0.1) is 19.8 Å². The van der Waals surface area contributed by atoms with Crippen LogP contribution in [0.1, 0.15) is 28.4 Å². The highest BCUT2D eigenvalue weighted by Gasteiger charge is 2.18. The van der Waals surface area contributed by atoms with Crippen molar-refractivity contribution in [1.82, 2.24) is 5.32 Å². The Bertz CT molecular complexity index is 628. The molecule has 1 aromatic carbocycles. The third-order valence-electron chi connectivity index (χ3n) is 3.21. The molecule has 0 fully saturated rings. The maximum Gasteiger partial charge on any atom is 0.261 e. The molecule has 0 aliphatic heterocycles. The van der Waals surface area contributed by atoms with E-state index >= 15 is 0 Å². The van der Waals surface area contributed by atoms with Crippen LogP contribution < -0.4 is 5.32 Å². The van der Waals surface area contributed by atoms with E-state index in [0.717, 1.165) is 0 Å². The second-order valence-corrected chi connectivity index (χ2v) is 7.66. The van der Waals surface area contributed by atoms with Gasteiger partial charge in [-0.25, -0.2) is 8.42 Å². The Morgan fingerprint density at radius 3 is 2.52 bits per heavy atom. The van der Waals surface area contributed by atoms with E-state index < -0.39 is 9.05 Å². The lowest BCUT2D eigenvalue weighted by atomic mass is 10.1. The number of amides is 1. The Labute approximate surface area is 130 Å². The van der Waals surface area contributed by atoms with Gasteiger partial charge in [-0.15, -0.1) is 0 Å². The van der Waals surface area contributed by atoms with E-state index in [-0.39, 0.29) is 22.3 Å². The van der Waals surface area contributed by atoms with Crippen LogP contribution in [-0.2, 0) is 13.8 Å². The molecule has 118 valence electrons. The standard InChI is InChI=1S/C14H20ClNO4S/c1-9(8-20-4)7-16-14(17)12-5-10(2)11(3)13(6-12)21(15,18)19/h5-6,9H,7-8H2,1-4H3,(H,16,17). The molecular formula is C14H20ClNO4S. The average molecular weight is 334 g/mol. The molecule has 1 unspecified atom stereocenters. The van der Waals surface area contributed by atoms with Crippen molar-refractivity contribution in [1.29, 1.82) is 0 Å². The molecule has 0 spiro atoms. The van der Waals surface area contributed by atoms with Crippen LogP contribution in [0.2, 0.25) is 0 Å². The fourth-order valence-electron chi connectivity index (χ4n) is 1.92. The number of ether oxygens (including phenoxy) is 1. The van der Waals surface area contributed by atoms with Gasteiger partial charge in [0.15, 0.2) is 0 Å². The molecule has 1 aromatic rings. The van der Waals surface area contributed by atoms with Crippen molar-refractivity contribution in [2.75, 3.05) is 20.3 Å². The zero-order chi connectivity index (χ0) is 16.2. The van der Waals surface area contributed by atoms with E-state index in [4.69, 9.17) is 15.4 Å². The molecule has 1 amide bonds. The summed E-state index contributed by atoms with van der Waals surface area (Å²) >= 11 is 0. The largest absolute Gasteiger partial charge is 0.384 e. The van der Waals surface area contributed by atoms with Gasteiger partial charge in [0.25, 0.3) is 15.0 Å². The number of hydrogen-bond donors (Lipinski definition) is 1. The highest BCUT2D eigenvalue weighted by molar-refractivity contribution is 8.13. The van der Waals surface area contributed by atoms with Crippen LogP contribution in [0.5, 0.6) is 0 Å². The van der Waals surface area contributed by atoms with Crippen LogP contribution in [0.4, 0.5) is 0 Å². The maximum absolute atomic E-state index is 12.1. The lowest BCUT2D eigenvalue weighted by molar-refractivity contribution is 0.0934. The zero-order valence-electron chi connectivity index (χ0n) is 12.6. The lowest BCUT2D eigenvalue weighted by Crippen LogP contribution is -2.30. The minimum atomic E-state index is -3.88. The SMILES string of the molecule is COCC(C)CNC(=O)c1cc(C)c(C)c(S(=O)(=O)Cl)c1. The van der Waals surface area contributed by atoms with Gasteiger partial charge in [0, 0.05) is 29.9 Å². The second-order valence-electron chi connectivity index (χ2n) is 5.12. The van der Waals surface area contributed by atoms with Gasteiger partial charge >= 0.3 is 0 Å². The fourth-order valence-corrected chi connectivity index (χ4v) is 3.20. The number of rotatable bonds is 6. The van der Waals surface area contributed by atoms with Gasteiger partial charge in [-0.3, -0.25) is 4.79 Å². The number of carbonyl (C=O) groups excluding carboxylic acids is 1. The first-order valence-corrected chi connectivity index (χ1v) is 8.80. The summed E-state index contributed by atoms with van der Waals surface area (Å²) in [7, 11) is 3.12. The molecule has 0 saturated carbocycles. The van der Waals surface area contributed by atoms with E-state index in [2.05, 4.69) is 5.32 Å². The second kappa shape index (κ2) is 7.24. The van der Waals surface area contributed by atoms with Crippen LogP contribution in [0.15, 0.2) is 17.0 Å². The number of nitrogens with one attached hydrogen (secondary N) is 1. The van der Waals surface area contributed by atoms with Crippen LogP contribution in [0.25, 0.3) is 0 Å². The molecule has 0 saturated heterocycles. The van der Waals surface area contributed by atoms with Gasteiger partial charge in [-0.05, 0) is 43.0 Å². The molecule has 1 rings (SSSR count). The highest BCUT2D eigenvalue weighted by atomic mass is 35.7. The van der Waals surface area contributed by atoms with Gasteiger partial charge in [0.05, 0.1) is 11.5 Å². The quantitative estimate of drug-likeness (QED) is 0.810. The number of hydrogen-bond acceptors (Lipinski definition) is 4. The Kier molecular flexibility index (Phi) is 6.19. The molecule has 0 aromatic heterocycles. The van der Waals surface area contributed by atoms with Gasteiger partial charge in [0.2, 0.25) is 0 Å². The number of halogens is 1. The predicted molar refractivity (Wildman–Crippen MR) is 82.3 cm³/mol. The molecule has 0 aliphatic rings. The first-order valence-electron chi connectivity index (χ1n) is 6.49. The topological polar surface area (TPSA) is 72.5 Å². The number of aryl methyl sites for hydroxylation is 1. The molecule has 1 atom stereocenters. The third kappa shape index (κ3) is 4.98. The Morgan fingerprint density at radius 2 is 2.00 bits per heavy atom. The van der Waals surface area contributed by atoms with Gasteiger partial charge < -0.3 is 10.1 Å². The summed E-state index contributed by atoms with van der Waals surface area (Å²) in [6.07, 6.45) is 0. The molecule has 1 N–H and O–H groups in total. The summed E-state index contributed by atoms with van der Waals surface area (Å²) in [4.78, 5) is 12.1. The normalized spacial score (nSPS) is 13.0. The molecule has 0 radical (unpaired) electrons. The lowest BCUT2D eigenvalue weighted by Gasteiger charge is -2.13. The summed E-state index contributed by atoms with van der Waals surface area (Å²) in [5.41, 5.74) is 1.53. The van der Waals surface area contributed by atoms with Crippen molar-refractivity contribution >= 4 is 25.6 Å². The van der Waals surface area contributed by atoms with Gasteiger partial charge in [0.1, 0.15) is 0 Å². The van der Waals surface area contributed by atoms with Crippen molar-refractivity contribution in [2.24, 2.45) is 5.92 Å². The van der Waals surface area contributed by atoms with Crippen LogP contribution >= 0.6 is 10.7 Å². The van der Waals surface area contributed by atoms with Crippen LogP contribution in [-0.4, -0.2) is 34.6 Å². The van der Waals surface area contributed by atoms with Crippen molar-refractivity contribution < 1.29 is 17.9 Å². The zero-order valence-corrected chi connectivity index (χ0v) is 14.1. The Hall–Kier alpha value is -1.11. The van der Waals surface area contributed by atoms with Gasteiger partial charge in [-0.2, -0.15) is 0 Å². The molecule has 0 heterocycles. The van der Waals surface area contributed by atoms with E-state index in [1.807, 2.05) is 6.92 Å². The summed E-state index contributed by atoms with van der Waals surface area (Å²) in [5.74, 6) is -0.163. The Morgan fingerprint density at radius 1 is 1.38 bits per heavy atom. The first-order chi connectivity index (χ1) is 9.66. The molecule has 0 bridgehead atoms. The average Bonchev–Trinajstić information content (AvgIpc) is 2.38. The van der Waals surface area contributed by atoms with E-state index in [9.17, 15) is 13.2 Å². The molecule has 7 heteroatoms. The molecule has 5 nitrogen and oxygen atoms in total. The van der Waals surface area contributed by atoms with Crippen molar-refractivity contribution in [3.63, 3.8) is 0 Å². The van der Waals surface area contributed by atoms with E-state index in [1.165, 1.54) is 6.07 Å². The summed E-state index contributed by atoms with van der Waals surface area (Å²) < 4.78 is 28.1. The van der Waals surface area contributed by atoms with Crippen molar-refractivity contribution in [3.05, 3.63) is 28.8 Å². The summed E-state index contributed by atoms with van der Waals surface area (Å²) in [5, 5.41) is 2.75. The first kappa shape index (κ1) is 17.9. The van der Waals surface area contributed by atoms with Crippen molar-refractivity contribution in [2.45, 2.75) is 25.7 Å². The maximum atomic E-state index is 12.1. The van der Waals surface area contributed by atoms with Crippen molar-refractivity contribution in [3.8, 4) is 0 Å². The summed E-state index contributed by atoms with van der Waals surface area (Å²) in [6.45, 7) is 6.33. The minimum absolute atomic E-state index is 0.0285. The fraction of sp³-hybridized carbons (Fsp3) is 0.500. The smallest absolute Gasteiger partial charge is 0.261 e. The minimum Gasteiger partial charge on any atom is -0.384 e. The molecular weight excluding hydrogens is 314 g/mol. The molecule has 21 heavy (non-hydrogen) atoms. The molecule has 0 aliphatic carbocycles. The van der Waals surface area contributed by atoms with Crippen LogP contribution in [0.3, 0.4) is 0 Å². The Balaban J connectivity index is 2.99. The highest BCUT2D eigenvalue weighted by Crippen LogP contribution is 2.24. The summed E-state index contributed by atoms with van der Waals surface area (Å²) in [6, 6.07) is 2.96. The van der Waals surface area contributed by atoms with Gasteiger partial charge in [-0.1, -0.05) is 6.92 Å². The van der Waals surface area contributed by atoms with E-state index in [1.54, 1.807) is 27.0 Å². The number of methoxy groups -OCH3 is 1. The number of carbonyl (C=O) groups is 1.